The minimum Gasteiger partial charge on any atom is -0.506 e. The minimum atomic E-state index is -0.934. The molecule has 0 amide bonds. The molecule has 1 heterocycles. The fourth-order valence-corrected chi connectivity index (χ4v) is 3.11. The molecule has 1 saturated carbocycles. The van der Waals surface area contributed by atoms with E-state index in [1.165, 1.54) is 32.1 Å². The van der Waals surface area contributed by atoms with Crippen LogP contribution in [0.3, 0.4) is 0 Å². The molecule has 0 spiro atoms. The topological polar surface area (TPSA) is 86.0 Å². The monoisotopic (exact) mass is 332 g/mol. The molecule has 3 rings (SSSR count). The van der Waals surface area contributed by atoms with Crippen LogP contribution in [0.5, 0.6) is 11.5 Å². The van der Waals surface area contributed by atoms with Crippen LogP contribution in [0.15, 0.2) is 27.4 Å². The van der Waals surface area contributed by atoms with Crippen molar-refractivity contribution in [1.82, 2.24) is 0 Å². The number of benzene rings is 1. The van der Waals surface area contributed by atoms with Gasteiger partial charge in [-0.2, -0.15) is 0 Å². The zero-order valence-corrected chi connectivity index (χ0v) is 13.5. The summed E-state index contributed by atoms with van der Waals surface area (Å²) in [5.74, 6) is -0.275. The van der Waals surface area contributed by atoms with Gasteiger partial charge in [0.25, 0.3) is 0 Å². The summed E-state index contributed by atoms with van der Waals surface area (Å²) in [6.07, 6.45) is 6.09. The second-order valence-electron chi connectivity index (χ2n) is 6.08. The molecule has 24 heavy (non-hydrogen) atoms. The van der Waals surface area contributed by atoms with Crippen molar-refractivity contribution in [2.45, 2.75) is 32.1 Å². The van der Waals surface area contributed by atoms with E-state index in [4.69, 9.17) is 9.15 Å². The summed E-state index contributed by atoms with van der Waals surface area (Å²) in [6.45, 7) is 0.618. The predicted molar refractivity (Wildman–Crippen MR) is 87.6 cm³/mol. The van der Waals surface area contributed by atoms with Crippen molar-refractivity contribution < 1.29 is 23.8 Å². The fraction of sp³-hybridized carbons (Fsp3) is 0.444. The molecule has 0 saturated heterocycles. The third-order valence-corrected chi connectivity index (χ3v) is 4.45. The quantitative estimate of drug-likeness (QED) is 0.683. The Labute approximate surface area is 139 Å². The van der Waals surface area contributed by atoms with Gasteiger partial charge in [0.15, 0.2) is 5.56 Å². The highest BCUT2D eigenvalue weighted by atomic mass is 16.5. The molecule has 6 nitrogen and oxygen atoms in total. The molecule has 0 atom stereocenters. The van der Waals surface area contributed by atoms with Crippen molar-refractivity contribution in [3.63, 3.8) is 0 Å². The summed E-state index contributed by atoms with van der Waals surface area (Å²) in [5.41, 5.74) is -1.24. The lowest BCUT2D eigenvalue weighted by molar-refractivity contribution is 0.0592. The van der Waals surface area contributed by atoms with Gasteiger partial charge in [-0.25, -0.2) is 9.59 Å². The maximum Gasteiger partial charge on any atom is 0.354 e. The van der Waals surface area contributed by atoms with E-state index in [1.807, 2.05) is 0 Å². The Balaban J connectivity index is 1.88. The molecular weight excluding hydrogens is 312 g/mol. The van der Waals surface area contributed by atoms with Crippen LogP contribution in [-0.2, 0) is 4.74 Å². The third-order valence-electron chi connectivity index (χ3n) is 4.45. The van der Waals surface area contributed by atoms with E-state index in [2.05, 4.69) is 4.74 Å². The molecule has 0 aliphatic heterocycles. The van der Waals surface area contributed by atoms with E-state index in [-0.39, 0.29) is 11.0 Å². The van der Waals surface area contributed by atoms with Gasteiger partial charge in [0, 0.05) is 0 Å². The number of rotatable bonds is 4. The van der Waals surface area contributed by atoms with Gasteiger partial charge in [-0.3, -0.25) is 0 Å². The van der Waals surface area contributed by atoms with Crippen LogP contribution in [0.25, 0.3) is 11.0 Å². The van der Waals surface area contributed by atoms with Crippen LogP contribution in [-0.4, -0.2) is 24.8 Å². The SMILES string of the molecule is COC(=O)c1c(O)c2cc(OCC3CCCCC3)ccc2oc1=O. The van der Waals surface area contributed by atoms with Crippen LogP contribution in [0.2, 0.25) is 0 Å². The highest BCUT2D eigenvalue weighted by Gasteiger charge is 2.22. The molecular formula is C18H20O6. The molecule has 2 aromatic rings. The van der Waals surface area contributed by atoms with Crippen molar-refractivity contribution in [3.8, 4) is 11.5 Å². The van der Waals surface area contributed by atoms with Crippen molar-refractivity contribution in [1.29, 1.82) is 0 Å². The van der Waals surface area contributed by atoms with E-state index < -0.39 is 22.9 Å². The van der Waals surface area contributed by atoms with Crippen LogP contribution in [0, 0.1) is 5.92 Å². The first-order valence-corrected chi connectivity index (χ1v) is 8.11. The highest BCUT2D eigenvalue weighted by molar-refractivity contribution is 5.98. The number of fused-ring (bicyclic) bond motifs is 1. The van der Waals surface area contributed by atoms with E-state index in [0.29, 0.717) is 18.3 Å². The number of aromatic hydroxyl groups is 1. The first kappa shape index (κ1) is 16.4. The highest BCUT2D eigenvalue weighted by Crippen LogP contribution is 2.31. The molecule has 1 fully saturated rings. The van der Waals surface area contributed by atoms with Gasteiger partial charge in [0.1, 0.15) is 17.1 Å². The predicted octanol–water partition coefficient (Wildman–Crippen LogP) is 3.24. The largest absolute Gasteiger partial charge is 0.506 e. The number of hydrogen-bond donors (Lipinski definition) is 1. The number of ether oxygens (including phenoxy) is 2. The lowest BCUT2D eigenvalue weighted by Gasteiger charge is -2.21. The summed E-state index contributed by atoms with van der Waals surface area (Å²) in [6, 6.07) is 4.81. The smallest absolute Gasteiger partial charge is 0.354 e. The molecule has 6 heteroatoms. The average Bonchev–Trinajstić information content (AvgIpc) is 2.61. The average molecular weight is 332 g/mol. The number of hydrogen-bond acceptors (Lipinski definition) is 6. The summed E-state index contributed by atoms with van der Waals surface area (Å²) < 4.78 is 15.4. The Hall–Kier alpha value is -2.50. The van der Waals surface area contributed by atoms with Crippen LogP contribution in [0.1, 0.15) is 42.5 Å². The first-order valence-electron chi connectivity index (χ1n) is 8.11. The fourth-order valence-electron chi connectivity index (χ4n) is 3.11. The van der Waals surface area contributed by atoms with Gasteiger partial charge in [0.05, 0.1) is 19.1 Å². The van der Waals surface area contributed by atoms with Crippen LogP contribution in [0.4, 0.5) is 0 Å². The molecule has 1 aromatic heterocycles. The molecule has 128 valence electrons. The van der Waals surface area contributed by atoms with Crippen LogP contribution < -0.4 is 10.4 Å². The minimum absolute atomic E-state index is 0.190. The Bertz CT molecular complexity index is 801. The lowest BCUT2D eigenvalue weighted by atomic mass is 9.90. The van der Waals surface area contributed by atoms with E-state index in [0.717, 1.165) is 7.11 Å². The molecule has 1 aliphatic carbocycles. The number of carbonyl (C=O) groups excluding carboxylic acids is 1. The molecule has 1 aromatic carbocycles. The van der Waals surface area contributed by atoms with Gasteiger partial charge in [0.2, 0.25) is 0 Å². The van der Waals surface area contributed by atoms with Crippen molar-refractivity contribution >= 4 is 16.9 Å². The van der Waals surface area contributed by atoms with Gasteiger partial charge in [-0.05, 0) is 37.0 Å². The maximum absolute atomic E-state index is 11.8. The Morgan fingerprint density at radius 3 is 2.75 bits per heavy atom. The van der Waals surface area contributed by atoms with Gasteiger partial charge in [-0.15, -0.1) is 0 Å². The Morgan fingerprint density at radius 2 is 2.04 bits per heavy atom. The van der Waals surface area contributed by atoms with Crippen molar-refractivity contribution in [2.24, 2.45) is 5.92 Å². The number of methoxy groups -OCH3 is 1. The summed E-state index contributed by atoms with van der Waals surface area (Å²) in [4.78, 5) is 23.5. The third kappa shape index (κ3) is 3.22. The zero-order chi connectivity index (χ0) is 17.1. The number of esters is 1. The summed E-state index contributed by atoms with van der Waals surface area (Å²) in [7, 11) is 1.13. The van der Waals surface area contributed by atoms with Gasteiger partial charge in [-0.1, -0.05) is 19.3 Å². The van der Waals surface area contributed by atoms with Gasteiger partial charge >= 0.3 is 11.6 Å². The van der Waals surface area contributed by atoms with Crippen LogP contribution >= 0.6 is 0 Å². The summed E-state index contributed by atoms with van der Waals surface area (Å²) in [5, 5.41) is 10.5. The summed E-state index contributed by atoms with van der Waals surface area (Å²) >= 11 is 0. The van der Waals surface area contributed by atoms with E-state index in [9.17, 15) is 14.7 Å². The van der Waals surface area contributed by atoms with E-state index >= 15 is 0 Å². The molecule has 0 unspecified atom stereocenters. The lowest BCUT2D eigenvalue weighted by Crippen LogP contribution is -2.16. The van der Waals surface area contributed by atoms with Gasteiger partial charge < -0.3 is 19.0 Å². The first-order chi connectivity index (χ1) is 11.6. The maximum atomic E-state index is 11.8. The molecule has 0 bridgehead atoms. The Kier molecular flexibility index (Phi) is 4.74. The normalized spacial score (nSPS) is 15.4. The molecule has 1 aliphatic rings. The zero-order valence-electron chi connectivity index (χ0n) is 13.5. The van der Waals surface area contributed by atoms with E-state index in [1.54, 1.807) is 18.2 Å². The second-order valence-corrected chi connectivity index (χ2v) is 6.08. The second kappa shape index (κ2) is 6.95. The van der Waals surface area contributed by atoms with Crippen molar-refractivity contribution in [2.75, 3.05) is 13.7 Å². The Morgan fingerprint density at radius 1 is 1.29 bits per heavy atom. The standard InChI is InChI=1S/C18H20O6/c1-22-17(20)15-16(19)13-9-12(7-8-14(13)24-18(15)21)23-10-11-5-3-2-4-6-11/h7-9,11,19H,2-6,10H2,1H3. The molecule has 0 radical (unpaired) electrons. The number of carbonyl (C=O) groups is 1. The molecule has 1 N–H and O–H groups in total. The van der Waals surface area contributed by atoms with Crippen molar-refractivity contribution in [3.05, 3.63) is 34.2 Å².